The predicted molar refractivity (Wildman–Crippen MR) is 69.1 cm³/mol. The Morgan fingerprint density at radius 3 is 2.68 bits per heavy atom. The molecule has 7 nitrogen and oxygen atoms in total. The summed E-state index contributed by atoms with van der Waals surface area (Å²) >= 11 is 0. The topological polar surface area (TPSA) is 108 Å². The number of aromatic amines is 1. The molecule has 100 valence electrons. The van der Waals surface area contributed by atoms with Crippen molar-refractivity contribution in [3.05, 3.63) is 41.7 Å². The molecular weight excluding hydrogens is 246 g/mol. The van der Waals surface area contributed by atoms with Crippen LogP contribution in [0.15, 0.2) is 30.3 Å². The summed E-state index contributed by atoms with van der Waals surface area (Å²) in [6, 6.07) is 9.50. The maximum absolute atomic E-state index is 12.2. The van der Waals surface area contributed by atoms with E-state index in [4.69, 9.17) is 10.8 Å². The molecule has 0 aliphatic carbocycles. The number of benzene rings is 1. The fourth-order valence-electron chi connectivity index (χ4n) is 1.70. The van der Waals surface area contributed by atoms with Crippen molar-refractivity contribution in [2.75, 3.05) is 18.9 Å². The first-order valence-corrected chi connectivity index (χ1v) is 5.82. The molecule has 1 heterocycles. The molecule has 4 N–H and O–H groups in total. The van der Waals surface area contributed by atoms with Gasteiger partial charge >= 0.3 is 0 Å². The molecular formula is C12H15N5O2. The molecule has 1 aromatic heterocycles. The summed E-state index contributed by atoms with van der Waals surface area (Å²) in [7, 11) is 0. The van der Waals surface area contributed by atoms with Crippen LogP contribution in [0.2, 0.25) is 0 Å². The lowest BCUT2D eigenvalue weighted by molar-refractivity contribution is 0.0696. The second-order valence-corrected chi connectivity index (χ2v) is 3.98. The van der Waals surface area contributed by atoms with Gasteiger partial charge in [0, 0.05) is 13.1 Å². The van der Waals surface area contributed by atoms with Crippen molar-refractivity contribution >= 4 is 11.9 Å². The lowest BCUT2D eigenvalue weighted by Crippen LogP contribution is -2.33. The first-order chi connectivity index (χ1) is 9.20. The van der Waals surface area contributed by atoms with E-state index in [0.29, 0.717) is 6.54 Å². The Balaban J connectivity index is 2.13. The molecule has 1 amide bonds. The van der Waals surface area contributed by atoms with Gasteiger partial charge in [0.1, 0.15) is 0 Å². The Labute approximate surface area is 110 Å². The quantitative estimate of drug-likeness (QED) is 0.703. The van der Waals surface area contributed by atoms with E-state index in [9.17, 15) is 4.79 Å². The number of anilines is 1. The van der Waals surface area contributed by atoms with Gasteiger partial charge in [-0.05, 0) is 5.56 Å². The minimum absolute atomic E-state index is 0.0204. The monoisotopic (exact) mass is 261 g/mol. The van der Waals surface area contributed by atoms with E-state index in [-0.39, 0.29) is 30.8 Å². The average Bonchev–Trinajstić information content (AvgIpc) is 2.85. The number of aromatic nitrogens is 3. The SMILES string of the molecule is Nc1n[nH]c(C(=O)N(CCO)Cc2ccccc2)n1. The number of nitrogens with zero attached hydrogens (tertiary/aromatic N) is 3. The maximum Gasteiger partial charge on any atom is 0.291 e. The summed E-state index contributed by atoms with van der Waals surface area (Å²) < 4.78 is 0. The zero-order chi connectivity index (χ0) is 13.7. The number of amides is 1. The summed E-state index contributed by atoms with van der Waals surface area (Å²) in [5.41, 5.74) is 6.34. The summed E-state index contributed by atoms with van der Waals surface area (Å²) in [4.78, 5) is 17.5. The van der Waals surface area contributed by atoms with E-state index >= 15 is 0 Å². The Hall–Kier alpha value is -2.41. The van der Waals surface area contributed by atoms with Gasteiger partial charge < -0.3 is 15.7 Å². The lowest BCUT2D eigenvalue weighted by Gasteiger charge is -2.20. The van der Waals surface area contributed by atoms with Crippen molar-refractivity contribution in [1.82, 2.24) is 20.1 Å². The number of nitrogens with two attached hydrogens (primary N) is 1. The molecule has 0 saturated heterocycles. The number of carbonyl (C=O) groups excluding carboxylic acids is 1. The van der Waals surface area contributed by atoms with Crippen molar-refractivity contribution in [2.24, 2.45) is 0 Å². The van der Waals surface area contributed by atoms with Gasteiger partial charge in [0.15, 0.2) is 0 Å². The second-order valence-electron chi connectivity index (χ2n) is 3.98. The molecule has 2 rings (SSSR count). The van der Waals surface area contributed by atoms with Crippen LogP contribution >= 0.6 is 0 Å². The number of rotatable bonds is 5. The van der Waals surface area contributed by atoms with Gasteiger partial charge in [0.05, 0.1) is 6.61 Å². The molecule has 0 atom stereocenters. The standard InChI is InChI=1S/C12H15N5O2/c13-12-14-10(15-16-12)11(19)17(6-7-18)8-9-4-2-1-3-5-9/h1-5,18H,6-8H2,(H3,13,14,15,16). The summed E-state index contributed by atoms with van der Waals surface area (Å²) in [5.74, 6) is -0.254. The van der Waals surface area contributed by atoms with E-state index in [2.05, 4.69) is 15.2 Å². The van der Waals surface area contributed by atoms with Crippen molar-refractivity contribution < 1.29 is 9.90 Å². The zero-order valence-corrected chi connectivity index (χ0v) is 10.3. The largest absolute Gasteiger partial charge is 0.395 e. The van der Waals surface area contributed by atoms with Crippen molar-refractivity contribution in [1.29, 1.82) is 0 Å². The summed E-state index contributed by atoms with van der Waals surface area (Å²) in [5, 5.41) is 15.1. The lowest BCUT2D eigenvalue weighted by atomic mass is 10.2. The van der Waals surface area contributed by atoms with E-state index in [0.717, 1.165) is 5.56 Å². The van der Waals surface area contributed by atoms with Crippen LogP contribution in [-0.4, -0.2) is 44.2 Å². The molecule has 0 unspecified atom stereocenters. The molecule has 0 aliphatic heterocycles. The van der Waals surface area contributed by atoms with Crippen LogP contribution in [0.3, 0.4) is 0 Å². The number of H-pyrrole nitrogens is 1. The minimum atomic E-state index is -0.345. The number of nitrogens with one attached hydrogen (secondary N) is 1. The Bertz CT molecular complexity index is 540. The second kappa shape index (κ2) is 5.96. The molecule has 0 fully saturated rings. The highest BCUT2D eigenvalue weighted by atomic mass is 16.3. The number of aliphatic hydroxyl groups is 1. The van der Waals surface area contributed by atoms with E-state index < -0.39 is 0 Å². The van der Waals surface area contributed by atoms with Crippen molar-refractivity contribution in [2.45, 2.75) is 6.54 Å². The molecule has 1 aromatic carbocycles. The molecule has 7 heteroatoms. The number of nitrogen functional groups attached to an aromatic ring is 1. The Morgan fingerprint density at radius 1 is 1.37 bits per heavy atom. The van der Waals surface area contributed by atoms with Gasteiger partial charge in [-0.25, -0.2) is 0 Å². The van der Waals surface area contributed by atoms with Gasteiger partial charge in [-0.3, -0.25) is 9.89 Å². The van der Waals surface area contributed by atoms with Crippen LogP contribution < -0.4 is 5.73 Å². The third-order valence-corrected chi connectivity index (χ3v) is 2.58. The van der Waals surface area contributed by atoms with Gasteiger partial charge in [-0.15, -0.1) is 5.10 Å². The van der Waals surface area contributed by atoms with Gasteiger partial charge in [0.25, 0.3) is 5.91 Å². The van der Waals surface area contributed by atoms with Gasteiger partial charge in [-0.1, -0.05) is 30.3 Å². The van der Waals surface area contributed by atoms with Crippen LogP contribution in [-0.2, 0) is 6.54 Å². The molecule has 0 bridgehead atoms. The number of carbonyl (C=O) groups is 1. The fourth-order valence-corrected chi connectivity index (χ4v) is 1.70. The van der Waals surface area contributed by atoms with Crippen LogP contribution in [0.25, 0.3) is 0 Å². The average molecular weight is 261 g/mol. The summed E-state index contributed by atoms with van der Waals surface area (Å²) in [6.45, 7) is 0.483. The normalized spacial score (nSPS) is 10.4. The molecule has 2 aromatic rings. The number of hydrogen-bond donors (Lipinski definition) is 3. The third-order valence-electron chi connectivity index (χ3n) is 2.58. The highest BCUT2D eigenvalue weighted by molar-refractivity contribution is 5.90. The number of hydrogen-bond acceptors (Lipinski definition) is 5. The zero-order valence-electron chi connectivity index (χ0n) is 10.3. The highest BCUT2D eigenvalue weighted by Crippen LogP contribution is 2.07. The van der Waals surface area contributed by atoms with Crippen molar-refractivity contribution in [3.8, 4) is 0 Å². The Kier molecular flexibility index (Phi) is 4.09. The Morgan fingerprint density at radius 2 is 2.11 bits per heavy atom. The van der Waals surface area contributed by atoms with Crippen molar-refractivity contribution in [3.63, 3.8) is 0 Å². The molecule has 0 aliphatic rings. The number of aliphatic hydroxyl groups excluding tert-OH is 1. The predicted octanol–water partition coefficient (Wildman–Crippen LogP) is 0.0216. The van der Waals surface area contributed by atoms with Gasteiger partial charge in [-0.2, -0.15) is 4.98 Å². The smallest absolute Gasteiger partial charge is 0.291 e. The fraction of sp³-hybridized carbons (Fsp3) is 0.250. The van der Waals surface area contributed by atoms with E-state index in [1.165, 1.54) is 4.90 Å². The maximum atomic E-state index is 12.2. The first kappa shape index (κ1) is 13.0. The third kappa shape index (κ3) is 3.29. The van der Waals surface area contributed by atoms with Crippen LogP contribution in [0, 0.1) is 0 Å². The highest BCUT2D eigenvalue weighted by Gasteiger charge is 2.19. The molecule has 0 spiro atoms. The molecule has 0 radical (unpaired) electrons. The molecule has 0 saturated carbocycles. The molecule has 19 heavy (non-hydrogen) atoms. The minimum Gasteiger partial charge on any atom is -0.395 e. The van der Waals surface area contributed by atoms with Crippen LogP contribution in [0.1, 0.15) is 16.2 Å². The van der Waals surface area contributed by atoms with Crippen LogP contribution in [0.5, 0.6) is 0 Å². The summed E-state index contributed by atoms with van der Waals surface area (Å²) in [6.07, 6.45) is 0. The van der Waals surface area contributed by atoms with Crippen LogP contribution in [0.4, 0.5) is 5.95 Å². The first-order valence-electron chi connectivity index (χ1n) is 5.82. The van der Waals surface area contributed by atoms with E-state index in [1.54, 1.807) is 0 Å². The van der Waals surface area contributed by atoms with Gasteiger partial charge in [0.2, 0.25) is 11.8 Å². The van der Waals surface area contributed by atoms with E-state index in [1.807, 2.05) is 30.3 Å².